The van der Waals surface area contributed by atoms with Gasteiger partial charge in [0.05, 0.1) is 13.7 Å². The van der Waals surface area contributed by atoms with Crippen LogP contribution < -0.4 is 9.64 Å². The number of para-hydroxylation sites is 2. The molecule has 0 radical (unpaired) electrons. The quantitative estimate of drug-likeness (QED) is 0.611. The minimum Gasteiger partial charge on any atom is -0.492 e. The topological polar surface area (TPSA) is 35.7 Å². The summed E-state index contributed by atoms with van der Waals surface area (Å²) in [6, 6.07) is 26.7. The maximum atomic E-state index is 12.2. The minimum absolute atomic E-state index is 0.561. The Kier molecular flexibility index (Phi) is 5.24. The van der Waals surface area contributed by atoms with Gasteiger partial charge >= 0.3 is 0 Å². The van der Waals surface area contributed by atoms with Crippen molar-refractivity contribution in [2.45, 2.75) is 31.4 Å². The van der Waals surface area contributed by atoms with Crippen LogP contribution >= 0.6 is 0 Å². The van der Waals surface area contributed by atoms with Crippen LogP contribution in [0.15, 0.2) is 78.9 Å². The fraction of sp³-hybridized carbons (Fsp3) is 0.296. The molecule has 1 N–H and O–H groups in total. The zero-order valence-corrected chi connectivity index (χ0v) is 18.0. The minimum atomic E-state index is -1.14. The number of benzene rings is 3. The van der Waals surface area contributed by atoms with Crippen LogP contribution in [-0.2, 0) is 5.72 Å². The Labute approximate surface area is 184 Å². The molecular formula is C27H29N2O2+. The highest BCUT2D eigenvalue weighted by atomic mass is 16.5. The van der Waals surface area contributed by atoms with Gasteiger partial charge in [-0.3, -0.25) is 4.58 Å². The molecule has 0 fully saturated rings. The predicted octanol–water partition coefficient (Wildman–Crippen LogP) is 5.01. The average Bonchev–Trinajstić information content (AvgIpc) is 2.95. The fourth-order valence-electron chi connectivity index (χ4n) is 4.96. The van der Waals surface area contributed by atoms with Crippen molar-refractivity contribution in [3.8, 4) is 16.9 Å². The number of amidine groups is 1. The van der Waals surface area contributed by atoms with E-state index in [-0.39, 0.29) is 0 Å². The summed E-state index contributed by atoms with van der Waals surface area (Å²) in [6.45, 7) is 1.54. The number of ether oxygens (including phenoxy) is 1. The Morgan fingerprint density at radius 2 is 1.55 bits per heavy atom. The molecule has 0 aliphatic carbocycles. The maximum absolute atomic E-state index is 12.2. The Morgan fingerprint density at radius 3 is 2.32 bits per heavy atom. The van der Waals surface area contributed by atoms with E-state index >= 15 is 0 Å². The second-order valence-electron chi connectivity index (χ2n) is 8.42. The lowest BCUT2D eigenvalue weighted by Gasteiger charge is -2.30. The van der Waals surface area contributed by atoms with Crippen LogP contribution in [0.3, 0.4) is 0 Å². The van der Waals surface area contributed by atoms with Gasteiger partial charge in [0.1, 0.15) is 0 Å². The third-order valence-electron chi connectivity index (χ3n) is 6.51. The Hall–Kier alpha value is -3.11. The largest absolute Gasteiger partial charge is 0.492 e. The lowest BCUT2D eigenvalue weighted by molar-refractivity contribution is -0.534. The summed E-state index contributed by atoms with van der Waals surface area (Å²) in [4.78, 5) is 2.12. The number of anilines is 1. The van der Waals surface area contributed by atoms with E-state index in [1.54, 1.807) is 7.11 Å². The second-order valence-corrected chi connectivity index (χ2v) is 8.42. The molecule has 2 heterocycles. The van der Waals surface area contributed by atoms with Gasteiger partial charge in [0, 0.05) is 12.0 Å². The Balaban J connectivity index is 1.59. The summed E-state index contributed by atoms with van der Waals surface area (Å²) in [5.41, 5.74) is 3.00. The van der Waals surface area contributed by atoms with Crippen LogP contribution in [0.1, 0.15) is 31.2 Å². The van der Waals surface area contributed by atoms with Crippen LogP contribution in [0.2, 0.25) is 0 Å². The van der Waals surface area contributed by atoms with Crippen LogP contribution in [-0.4, -0.2) is 35.7 Å². The normalized spacial score (nSPS) is 21.0. The van der Waals surface area contributed by atoms with Gasteiger partial charge in [0.15, 0.2) is 18.0 Å². The molecule has 0 saturated heterocycles. The highest BCUT2D eigenvalue weighted by Crippen LogP contribution is 2.42. The summed E-state index contributed by atoms with van der Waals surface area (Å²) in [7, 11) is 1.69. The number of hydrogen-bond donors (Lipinski definition) is 1. The lowest BCUT2D eigenvalue weighted by Crippen LogP contribution is -2.47. The van der Waals surface area contributed by atoms with Crippen molar-refractivity contribution >= 4 is 11.5 Å². The molecule has 3 aromatic carbocycles. The van der Waals surface area contributed by atoms with Crippen molar-refractivity contribution in [3.63, 3.8) is 0 Å². The van der Waals surface area contributed by atoms with E-state index in [2.05, 4.69) is 58.0 Å². The van der Waals surface area contributed by atoms with Crippen molar-refractivity contribution in [1.82, 2.24) is 0 Å². The zero-order chi connectivity index (χ0) is 21.3. The van der Waals surface area contributed by atoms with Gasteiger partial charge < -0.3 is 9.84 Å². The van der Waals surface area contributed by atoms with E-state index < -0.39 is 5.72 Å². The molecular weight excluding hydrogens is 384 g/mol. The molecule has 158 valence electrons. The van der Waals surface area contributed by atoms with Gasteiger partial charge in [-0.1, -0.05) is 66.7 Å². The van der Waals surface area contributed by atoms with Crippen LogP contribution in [0.25, 0.3) is 11.1 Å². The number of nitrogens with zero attached hydrogens (tertiary/aromatic N) is 2. The molecule has 0 unspecified atom stereocenters. The van der Waals surface area contributed by atoms with Gasteiger partial charge in [-0.05, 0) is 42.5 Å². The van der Waals surface area contributed by atoms with Crippen molar-refractivity contribution in [2.24, 2.45) is 0 Å². The number of aliphatic hydroxyl groups is 1. The summed E-state index contributed by atoms with van der Waals surface area (Å²) in [6.07, 6.45) is 4.49. The first-order chi connectivity index (χ1) is 15.2. The molecule has 0 amide bonds. The molecule has 5 rings (SSSR count). The molecule has 1 atom stereocenters. The van der Waals surface area contributed by atoms with E-state index in [4.69, 9.17) is 4.74 Å². The van der Waals surface area contributed by atoms with E-state index in [1.165, 1.54) is 17.8 Å². The average molecular weight is 414 g/mol. The molecule has 2 aliphatic heterocycles. The van der Waals surface area contributed by atoms with E-state index in [0.717, 1.165) is 48.4 Å². The van der Waals surface area contributed by atoms with Gasteiger partial charge in [-0.15, -0.1) is 0 Å². The van der Waals surface area contributed by atoms with Crippen LogP contribution in [0.5, 0.6) is 5.75 Å². The maximum Gasteiger partial charge on any atom is 0.275 e. The molecule has 0 aromatic heterocycles. The third kappa shape index (κ3) is 3.51. The fourth-order valence-corrected chi connectivity index (χ4v) is 4.96. The third-order valence-corrected chi connectivity index (χ3v) is 6.51. The lowest BCUT2D eigenvalue weighted by atomic mass is 9.96. The zero-order valence-electron chi connectivity index (χ0n) is 18.0. The second kappa shape index (κ2) is 8.20. The van der Waals surface area contributed by atoms with E-state index in [1.807, 2.05) is 30.3 Å². The molecule has 3 aromatic rings. The molecule has 0 bridgehead atoms. The Bertz CT molecular complexity index is 1090. The van der Waals surface area contributed by atoms with Crippen molar-refractivity contribution in [2.75, 3.05) is 25.1 Å². The van der Waals surface area contributed by atoms with E-state index in [9.17, 15) is 5.11 Å². The van der Waals surface area contributed by atoms with Crippen molar-refractivity contribution < 1.29 is 14.4 Å². The molecule has 0 saturated carbocycles. The van der Waals surface area contributed by atoms with Gasteiger partial charge in [0.2, 0.25) is 0 Å². The molecule has 0 spiro atoms. The monoisotopic (exact) mass is 413 g/mol. The van der Waals surface area contributed by atoms with Crippen LogP contribution in [0.4, 0.5) is 5.69 Å². The van der Waals surface area contributed by atoms with E-state index in [0.29, 0.717) is 6.54 Å². The number of methoxy groups -OCH3 is 1. The summed E-state index contributed by atoms with van der Waals surface area (Å²) < 4.78 is 8.06. The van der Waals surface area contributed by atoms with Crippen molar-refractivity contribution in [1.29, 1.82) is 0 Å². The smallest absolute Gasteiger partial charge is 0.275 e. The predicted molar refractivity (Wildman–Crippen MR) is 125 cm³/mol. The van der Waals surface area contributed by atoms with Crippen LogP contribution in [0, 0.1) is 0 Å². The highest BCUT2D eigenvalue weighted by Gasteiger charge is 2.54. The summed E-state index contributed by atoms with van der Waals surface area (Å²) in [5.74, 6) is 1.97. The number of hydrogen-bond acceptors (Lipinski definition) is 3. The SMILES string of the molecule is COc1ccccc1N1C2=[N+](CCCCC2)C[C@@]1(O)c1ccc(-c2ccccc2)cc1. The Morgan fingerprint density at radius 1 is 0.839 bits per heavy atom. The van der Waals surface area contributed by atoms with Gasteiger partial charge in [-0.2, -0.15) is 4.90 Å². The molecule has 4 heteroatoms. The first-order valence-electron chi connectivity index (χ1n) is 11.1. The molecule has 2 aliphatic rings. The van der Waals surface area contributed by atoms with Crippen molar-refractivity contribution in [3.05, 3.63) is 84.4 Å². The first-order valence-corrected chi connectivity index (χ1v) is 11.1. The summed E-state index contributed by atoms with van der Waals surface area (Å²) in [5, 5.41) is 12.2. The molecule has 4 nitrogen and oxygen atoms in total. The highest BCUT2D eigenvalue weighted by molar-refractivity contribution is 5.98. The van der Waals surface area contributed by atoms with Gasteiger partial charge in [-0.25, -0.2) is 0 Å². The summed E-state index contributed by atoms with van der Waals surface area (Å²) >= 11 is 0. The standard InChI is InChI=1S/C27H29N2O2/c1-31-25-13-8-7-12-24(25)29-26-14-6-3-9-19-28(26)20-27(29,30)23-17-15-22(16-18-23)21-10-4-2-5-11-21/h2,4-5,7-8,10-13,15-18,30H,3,6,9,14,19-20H2,1H3/q+1/t27-/m1/s1. The number of rotatable bonds is 4. The first kappa shape index (κ1) is 19.8. The van der Waals surface area contributed by atoms with Gasteiger partial charge in [0.25, 0.3) is 11.6 Å². The molecule has 31 heavy (non-hydrogen) atoms.